The molecule has 0 bridgehead atoms. The zero-order chi connectivity index (χ0) is 61.0. The van der Waals surface area contributed by atoms with Crippen molar-refractivity contribution in [2.24, 2.45) is 46.4 Å². The van der Waals surface area contributed by atoms with E-state index in [0.717, 1.165) is 0 Å². The monoisotopic (exact) mass is 1130 g/mol. The summed E-state index contributed by atoms with van der Waals surface area (Å²) in [6.45, 7) is 10.6. The van der Waals surface area contributed by atoms with E-state index < -0.39 is 182 Å². The van der Waals surface area contributed by atoms with Crippen LogP contribution in [0.1, 0.15) is 124 Å². The standard InChI is InChI=1S/C51H83N13O16/c1-25(2)19-33(59-43(71)30(53)9-7-8-18-52)46(74)58-31(14-16-39(54)66)44(72)57-32(15-17-42(69)70)45(73)60-34(20-26(3)4)47(75)62-36(23-40(55)67)49(77)61-35(22-28-10-12-29(65)13-11-28)48(76)63-37(24-41(56)68)50(78)64-38(51(79)80)21-27(5)6/h10-13,25-27,30-38,65H,7-9,14-24,52-53H2,1-6H3,(H2,54,66)(H2,55,67)(H2,56,68)(H,57,72)(H,58,74)(H,59,71)(H,60,73)(H,61,77)(H,62,75)(H,63,76)(H,64,78)(H,69,70)(H,79,80)/t30-,31-,32-,33-,34-,35-,36-,37-,38-/m0/s1. The summed E-state index contributed by atoms with van der Waals surface area (Å²) in [5.41, 5.74) is 28.2. The van der Waals surface area contributed by atoms with Crippen LogP contribution in [0.15, 0.2) is 24.3 Å². The summed E-state index contributed by atoms with van der Waals surface area (Å²) in [7, 11) is 0. The van der Waals surface area contributed by atoms with Gasteiger partial charge in [0.25, 0.3) is 0 Å². The number of carboxylic acid groups (broad SMARTS) is 2. The average Bonchev–Trinajstić information content (AvgIpc) is 3.34. The summed E-state index contributed by atoms with van der Waals surface area (Å²) in [6.07, 6.45) is -3.07. The highest BCUT2D eigenvalue weighted by atomic mass is 16.4. The minimum Gasteiger partial charge on any atom is -0.508 e. The summed E-state index contributed by atoms with van der Waals surface area (Å²) in [6, 6.07) is -8.74. The van der Waals surface area contributed by atoms with Gasteiger partial charge in [0.05, 0.1) is 18.9 Å². The number of carbonyl (C=O) groups is 13. The minimum atomic E-state index is -1.90. The summed E-state index contributed by atoms with van der Waals surface area (Å²) in [4.78, 5) is 171. The van der Waals surface area contributed by atoms with Gasteiger partial charge in [0, 0.05) is 19.3 Å². The topological polar surface area (TPSA) is 509 Å². The Bertz CT molecular complexity index is 2320. The first-order chi connectivity index (χ1) is 37.3. The lowest BCUT2D eigenvalue weighted by Crippen LogP contribution is -2.61. The van der Waals surface area contributed by atoms with Crippen molar-refractivity contribution in [3.8, 4) is 5.75 Å². The molecule has 1 aromatic rings. The summed E-state index contributed by atoms with van der Waals surface area (Å²) < 4.78 is 0. The highest BCUT2D eigenvalue weighted by Crippen LogP contribution is 2.15. The van der Waals surface area contributed by atoms with Crippen molar-refractivity contribution < 1.29 is 77.6 Å². The number of hydrogen-bond acceptors (Lipinski definition) is 16. The fourth-order valence-electron chi connectivity index (χ4n) is 7.91. The molecule has 0 aliphatic carbocycles. The molecule has 21 N–H and O–H groups in total. The molecule has 1 rings (SSSR count). The molecule has 448 valence electrons. The normalized spacial score (nSPS) is 14.5. The Hall–Kier alpha value is -7.95. The number of rotatable bonds is 39. The number of carbonyl (C=O) groups excluding carboxylic acids is 11. The van der Waals surface area contributed by atoms with Crippen molar-refractivity contribution >= 4 is 76.9 Å². The van der Waals surface area contributed by atoms with Crippen molar-refractivity contribution in [2.75, 3.05) is 6.54 Å². The van der Waals surface area contributed by atoms with E-state index in [1.165, 1.54) is 24.3 Å². The van der Waals surface area contributed by atoms with Crippen LogP contribution in [0.25, 0.3) is 0 Å². The first-order valence-electron chi connectivity index (χ1n) is 26.3. The van der Waals surface area contributed by atoms with Crippen molar-refractivity contribution in [1.82, 2.24) is 42.5 Å². The van der Waals surface area contributed by atoms with Gasteiger partial charge in [-0.05, 0) is 86.9 Å². The second-order valence-electron chi connectivity index (χ2n) is 20.8. The molecule has 0 heterocycles. The van der Waals surface area contributed by atoms with Gasteiger partial charge in [-0.1, -0.05) is 60.1 Å². The van der Waals surface area contributed by atoms with Gasteiger partial charge in [-0.2, -0.15) is 0 Å². The fourth-order valence-corrected chi connectivity index (χ4v) is 7.91. The Morgan fingerprint density at radius 1 is 0.438 bits per heavy atom. The van der Waals surface area contributed by atoms with Crippen LogP contribution in [0.3, 0.4) is 0 Å². The number of benzene rings is 1. The second kappa shape index (κ2) is 35.5. The molecule has 0 aliphatic rings. The zero-order valence-electron chi connectivity index (χ0n) is 46.2. The maximum Gasteiger partial charge on any atom is 0.326 e. The van der Waals surface area contributed by atoms with Crippen LogP contribution in [0.4, 0.5) is 0 Å². The number of unbranched alkanes of at least 4 members (excludes halogenated alkanes) is 1. The minimum absolute atomic E-state index is 0.0353. The molecule has 29 nitrogen and oxygen atoms in total. The molecular weight excluding hydrogens is 1050 g/mol. The van der Waals surface area contributed by atoms with E-state index in [9.17, 15) is 77.6 Å². The number of amides is 11. The second-order valence-corrected chi connectivity index (χ2v) is 20.8. The van der Waals surface area contributed by atoms with Crippen LogP contribution < -0.4 is 71.2 Å². The molecule has 0 unspecified atom stereocenters. The molecule has 0 radical (unpaired) electrons. The molecular formula is C51H83N13O16. The third-order valence-corrected chi connectivity index (χ3v) is 12.0. The molecule has 0 saturated carbocycles. The number of phenolic OH excluding ortho intramolecular Hbond substituents is 1. The Morgan fingerprint density at radius 2 is 0.787 bits per heavy atom. The van der Waals surface area contributed by atoms with E-state index in [4.69, 9.17) is 28.7 Å². The van der Waals surface area contributed by atoms with Gasteiger partial charge in [0.15, 0.2) is 0 Å². The summed E-state index contributed by atoms with van der Waals surface area (Å²) in [5, 5.41) is 48.4. The van der Waals surface area contributed by atoms with E-state index in [2.05, 4.69) is 42.5 Å². The lowest BCUT2D eigenvalue weighted by molar-refractivity contribution is -0.143. The third-order valence-electron chi connectivity index (χ3n) is 12.0. The van der Waals surface area contributed by atoms with Gasteiger partial charge in [0.2, 0.25) is 65.0 Å². The maximum atomic E-state index is 14.2. The molecule has 11 amide bonds. The molecule has 1 aromatic carbocycles. The molecule has 0 spiro atoms. The smallest absolute Gasteiger partial charge is 0.326 e. The molecule has 29 heteroatoms. The number of nitrogens with two attached hydrogens (primary N) is 5. The SMILES string of the molecule is CC(C)C[C@H](NC(=O)[C@H](CC(N)=O)NC(=O)[C@H](Cc1ccc(O)cc1)NC(=O)[C@H](CC(N)=O)NC(=O)[C@H](CC(C)C)NC(=O)[C@H](CCC(=O)O)NC(=O)[C@H](CCC(N)=O)NC(=O)[C@H](CC(C)C)NC(=O)[C@@H](N)CCCCN)C(=O)O. The third kappa shape index (κ3) is 28.1. The van der Waals surface area contributed by atoms with E-state index in [1.807, 2.05) is 0 Å². The van der Waals surface area contributed by atoms with E-state index in [1.54, 1.807) is 41.5 Å². The lowest BCUT2D eigenvalue weighted by Gasteiger charge is -2.28. The van der Waals surface area contributed by atoms with Crippen LogP contribution in [-0.2, 0) is 68.7 Å². The van der Waals surface area contributed by atoms with Crippen molar-refractivity contribution in [3.05, 3.63) is 29.8 Å². The molecule has 0 saturated heterocycles. The fraction of sp³-hybridized carbons (Fsp3) is 0.627. The highest BCUT2D eigenvalue weighted by molar-refractivity contribution is 6.00. The van der Waals surface area contributed by atoms with Gasteiger partial charge in [-0.3, -0.25) is 57.5 Å². The number of phenols is 1. The van der Waals surface area contributed by atoms with Crippen LogP contribution in [0.5, 0.6) is 5.75 Å². The number of primary amides is 3. The number of aromatic hydroxyl groups is 1. The Labute approximate surface area is 463 Å². The zero-order valence-corrected chi connectivity index (χ0v) is 46.2. The Morgan fingerprint density at radius 3 is 1.19 bits per heavy atom. The number of hydrogen-bond donors (Lipinski definition) is 16. The largest absolute Gasteiger partial charge is 0.508 e. The molecule has 0 aliphatic heterocycles. The van der Waals surface area contributed by atoms with Crippen LogP contribution in [-0.4, -0.2) is 153 Å². The molecule has 9 atom stereocenters. The van der Waals surface area contributed by atoms with Gasteiger partial charge >= 0.3 is 11.9 Å². The number of aliphatic carboxylic acids is 2. The van der Waals surface area contributed by atoms with Gasteiger partial charge in [0.1, 0.15) is 54.1 Å². The summed E-state index contributed by atoms with van der Waals surface area (Å²) in [5.74, 6) is -15.2. The van der Waals surface area contributed by atoms with Gasteiger partial charge in [-0.15, -0.1) is 0 Å². The van der Waals surface area contributed by atoms with E-state index in [-0.39, 0.29) is 43.3 Å². The van der Waals surface area contributed by atoms with Crippen molar-refractivity contribution in [3.63, 3.8) is 0 Å². The van der Waals surface area contributed by atoms with Crippen LogP contribution in [0, 0.1) is 17.8 Å². The highest BCUT2D eigenvalue weighted by Gasteiger charge is 2.36. The van der Waals surface area contributed by atoms with Crippen LogP contribution in [0.2, 0.25) is 0 Å². The lowest BCUT2D eigenvalue weighted by atomic mass is 10.00. The number of nitrogens with one attached hydrogen (secondary N) is 8. The molecule has 80 heavy (non-hydrogen) atoms. The first-order valence-corrected chi connectivity index (χ1v) is 26.3. The number of carboxylic acids is 2. The summed E-state index contributed by atoms with van der Waals surface area (Å²) >= 11 is 0. The van der Waals surface area contributed by atoms with Gasteiger partial charge < -0.3 is 86.5 Å². The van der Waals surface area contributed by atoms with Gasteiger partial charge in [-0.25, -0.2) is 4.79 Å². The predicted octanol–water partition coefficient (Wildman–Crippen LogP) is -3.63. The first kappa shape index (κ1) is 70.1. The quantitative estimate of drug-likeness (QED) is 0.0283. The van der Waals surface area contributed by atoms with E-state index >= 15 is 0 Å². The maximum absolute atomic E-state index is 14.2. The van der Waals surface area contributed by atoms with Crippen molar-refractivity contribution in [1.29, 1.82) is 0 Å². The van der Waals surface area contributed by atoms with Crippen LogP contribution >= 0.6 is 0 Å². The van der Waals surface area contributed by atoms with Crippen molar-refractivity contribution in [2.45, 2.75) is 179 Å². The Kier molecular flexibility index (Phi) is 31.1. The molecule has 0 aromatic heterocycles. The average molecular weight is 1130 g/mol. The van der Waals surface area contributed by atoms with E-state index in [0.29, 0.717) is 24.9 Å². The molecule has 0 fully saturated rings. The predicted molar refractivity (Wildman–Crippen MR) is 287 cm³/mol. The Balaban J connectivity index is 3.64.